The lowest BCUT2D eigenvalue weighted by atomic mass is 10.00. The van der Waals surface area contributed by atoms with Crippen LogP contribution in [0.1, 0.15) is 23.1 Å². The van der Waals surface area contributed by atoms with Gasteiger partial charge in [-0.1, -0.05) is 17.2 Å². The fourth-order valence-corrected chi connectivity index (χ4v) is 5.72. The molecule has 2 aromatic heterocycles. The summed E-state index contributed by atoms with van der Waals surface area (Å²) in [6.45, 7) is 11.2. The minimum atomic E-state index is 0.772. The van der Waals surface area contributed by atoms with Gasteiger partial charge in [-0.2, -0.15) is 0 Å². The Morgan fingerprint density at radius 2 is 1.74 bits per heavy atom. The Morgan fingerprint density at radius 1 is 1.03 bits per heavy atom. The molecule has 5 rings (SSSR count). The maximum absolute atomic E-state index is 11.5. The van der Waals surface area contributed by atoms with Crippen molar-refractivity contribution < 1.29 is 4.79 Å². The summed E-state index contributed by atoms with van der Waals surface area (Å²) in [6.07, 6.45) is 2.21. The molecule has 2 aliphatic rings. The van der Waals surface area contributed by atoms with E-state index < -0.39 is 0 Å². The third-order valence-electron chi connectivity index (χ3n) is 6.64. The Hall–Kier alpha value is -2.53. The summed E-state index contributed by atoms with van der Waals surface area (Å²) >= 11 is 1.78. The molecule has 0 aliphatic carbocycles. The molecule has 0 amide bonds. The summed E-state index contributed by atoms with van der Waals surface area (Å²) in [5, 5.41) is 3.54. The van der Waals surface area contributed by atoms with Crippen LogP contribution >= 0.6 is 11.3 Å². The Kier molecular flexibility index (Phi) is 5.61. The highest BCUT2D eigenvalue weighted by Gasteiger charge is 2.26. The van der Waals surface area contributed by atoms with E-state index in [4.69, 9.17) is 0 Å². The number of piperazine rings is 1. The lowest BCUT2D eigenvalue weighted by Gasteiger charge is -2.42. The maximum Gasteiger partial charge on any atom is 0.191 e. The van der Waals surface area contributed by atoms with Crippen molar-refractivity contribution in [3.8, 4) is 11.3 Å². The second-order valence-electron chi connectivity index (χ2n) is 8.86. The zero-order valence-corrected chi connectivity index (χ0v) is 19.2. The van der Waals surface area contributed by atoms with E-state index in [0.29, 0.717) is 0 Å². The molecule has 0 radical (unpaired) electrons. The van der Waals surface area contributed by atoms with E-state index >= 15 is 0 Å². The number of benzene rings is 1. The first-order chi connectivity index (χ1) is 15.1. The highest BCUT2D eigenvalue weighted by molar-refractivity contribution is 7.16. The van der Waals surface area contributed by atoms with Crippen LogP contribution in [-0.2, 0) is 11.2 Å². The predicted molar refractivity (Wildman–Crippen MR) is 128 cm³/mol. The second kappa shape index (κ2) is 8.54. The third-order valence-corrected chi connectivity index (χ3v) is 7.47. The molecule has 31 heavy (non-hydrogen) atoms. The van der Waals surface area contributed by atoms with E-state index in [0.717, 1.165) is 58.1 Å². The molecule has 4 heterocycles. The van der Waals surface area contributed by atoms with Gasteiger partial charge in [0.05, 0.1) is 5.69 Å². The highest BCUT2D eigenvalue weighted by atomic mass is 32.1. The van der Waals surface area contributed by atoms with Gasteiger partial charge in [0.2, 0.25) is 0 Å². The quantitative estimate of drug-likeness (QED) is 0.595. The van der Waals surface area contributed by atoms with Gasteiger partial charge in [-0.3, -0.25) is 4.90 Å². The number of rotatable bonds is 6. The highest BCUT2D eigenvalue weighted by Crippen LogP contribution is 2.34. The van der Waals surface area contributed by atoms with Crippen LogP contribution in [0.25, 0.3) is 21.5 Å². The number of hydrogen-bond donors (Lipinski definition) is 1. The van der Waals surface area contributed by atoms with Gasteiger partial charge in [0.25, 0.3) is 0 Å². The van der Waals surface area contributed by atoms with Gasteiger partial charge in [-0.05, 0) is 61.4 Å². The van der Waals surface area contributed by atoms with Crippen molar-refractivity contribution in [1.29, 1.82) is 0 Å². The van der Waals surface area contributed by atoms with Gasteiger partial charge in [0.15, 0.2) is 11.8 Å². The van der Waals surface area contributed by atoms with Crippen molar-refractivity contribution in [3.05, 3.63) is 52.2 Å². The first kappa shape index (κ1) is 20.4. The standard InChI is InChI=1S/C25H30N4OS/c1-18-14-19(2)16-20(15-18)24-21(22-5-13-31-25(22)26-24)4-8-27-9-11-29(12-10-27)23(17-30)28-6-3-7-28/h5,13-16,26H,3-4,6-12H2,1-2H3. The first-order valence-electron chi connectivity index (χ1n) is 11.3. The number of aromatic amines is 1. The number of nitrogens with one attached hydrogen (secondary N) is 1. The largest absolute Gasteiger partial charge is 0.349 e. The summed E-state index contributed by atoms with van der Waals surface area (Å²) in [5.41, 5.74) is 6.59. The Labute approximate surface area is 188 Å². The number of thiophene rings is 1. The molecule has 6 heteroatoms. The fourth-order valence-electron chi connectivity index (χ4n) is 4.90. The molecule has 1 aromatic carbocycles. The van der Waals surface area contributed by atoms with E-state index in [-0.39, 0.29) is 0 Å². The van der Waals surface area contributed by atoms with Gasteiger partial charge < -0.3 is 14.8 Å². The van der Waals surface area contributed by atoms with Crippen molar-refractivity contribution in [3.63, 3.8) is 0 Å². The number of H-pyrrole nitrogens is 1. The zero-order valence-electron chi connectivity index (χ0n) is 18.4. The molecule has 0 unspecified atom stereocenters. The van der Waals surface area contributed by atoms with Crippen LogP contribution in [-0.4, -0.2) is 71.4 Å². The predicted octanol–water partition coefficient (Wildman–Crippen LogP) is 4.05. The summed E-state index contributed by atoms with van der Waals surface area (Å²) in [7, 11) is 0. The molecule has 2 fully saturated rings. The molecular weight excluding hydrogens is 404 g/mol. The normalized spacial score (nSPS) is 17.1. The number of likely N-dealkylation sites (tertiary alicyclic amines) is 1. The van der Waals surface area contributed by atoms with Crippen molar-refractivity contribution in [2.75, 3.05) is 45.8 Å². The smallest absolute Gasteiger partial charge is 0.191 e. The molecule has 3 aromatic rings. The number of nitrogens with zero attached hydrogens (tertiary/aromatic N) is 3. The van der Waals surface area contributed by atoms with Gasteiger partial charge >= 0.3 is 0 Å². The van der Waals surface area contributed by atoms with Gasteiger partial charge in [0.1, 0.15) is 4.83 Å². The average Bonchev–Trinajstić information content (AvgIpc) is 3.30. The van der Waals surface area contributed by atoms with Gasteiger partial charge in [0, 0.05) is 51.2 Å². The van der Waals surface area contributed by atoms with Gasteiger partial charge in [-0.25, -0.2) is 4.79 Å². The van der Waals surface area contributed by atoms with E-state index in [2.05, 4.69) is 69.1 Å². The molecule has 1 N–H and O–H groups in total. The number of fused-ring (bicyclic) bond motifs is 1. The van der Waals surface area contributed by atoms with E-state index in [1.54, 1.807) is 11.3 Å². The lowest BCUT2D eigenvalue weighted by molar-refractivity contribution is 0.103. The molecular formula is C25H30N4OS. The summed E-state index contributed by atoms with van der Waals surface area (Å²) < 4.78 is 0. The van der Waals surface area contributed by atoms with E-state index in [1.165, 1.54) is 44.6 Å². The molecule has 2 saturated heterocycles. The second-order valence-corrected chi connectivity index (χ2v) is 9.78. The van der Waals surface area contributed by atoms with Crippen molar-refractivity contribution >= 4 is 27.5 Å². The van der Waals surface area contributed by atoms with E-state index in [9.17, 15) is 4.79 Å². The Morgan fingerprint density at radius 3 is 2.39 bits per heavy atom. The molecule has 0 spiro atoms. The Bertz CT molecular complexity index is 1110. The fraction of sp³-hybridized carbons (Fsp3) is 0.440. The lowest BCUT2D eigenvalue weighted by Crippen LogP contribution is -2.51. The van der Waals surface area contributed by atoms with Crippen LogP contribution in [0.5, 0.6) is 0 Å². The topological polar surface area (TPSA) is 42.6 Å². The minimum absolute atomic E-state index is 0.772. The van der Waals surface area contributed by atoms with Crippen LogP contribution in [0.3, 0.4) is 0 Å². The van der Waals surface area contributed by atoms with Gasteiger partial charge in [-0.15, -0.1) is 11.3 Å². The maximum atomic E-state index is 11.5. The number of aryl methyl sites for hydroxylation is 2. The monoisotopic (exact) mass is 434 g/mol. The zero-order chi connectivity index (χ0) is 21.4. The Balaban J connectivity index is 1.29. The number of hydrogen-bond acceptors (Lipinski definition) is 5. The summed E-state index contributed by atoms with van der Waals surface area (Å²) in [5.74, 6) is 2.96. The molecule has 0 saturated carbocycles. The van der Waals surface area contributed by atoms with Crippen molar-refractivity contribution in [2.45, 2.75) is 26.7 Å². The molecule has 0 bridgehead atoms. The van der Waals surface area contributed by atoms with Crippen LogP contribution in [0.4, 0.5) is 0 Å². The summed E-state index contributed by atoms with van der Waals surface area (Å²) in [6, 6.07) is 9.06. The van der Waals surface area contributed by atoms with E-state index in [1.807, 2.05) is 0 Å². The van der Waals surface area contributed by atoms with Crippen LogP contribution < -0.4 is 0 Å². The van der Waals surface area contributed by atoms with Crippen LogP contribution in [0.15, 0.2) is 35.5 Å². The molecule has 5 nitrogen and oxygen atoms in total. The minimum Gasteiger partial charge on any atom is -0.349 e. The molecule has 162 valence electrons. The van der Waals surface area contributed by atoms with Crippen LogP contribution in [0, 0.1) is 13.8 Å². The average molecular weight is 435 g/mol. The number of carbonyl (C=O) groups excluding carboxylic acids is 1. The van der Waals surface area contributed by atoms with Crippen LogP contribution in [0.2, 0.25) is 0 Å². The third kappa shape index (κ3) is 4.03. The summed E-state index contributed by atoms with van der Waals surface area (Å²) in [4.78, 5) is 23.3. The SMILES string of the molecule is Cc1cc(C)cc(-c2[nH]c3sccc3c2CCN2CCN(C(=C=O)N3CCC3)CC2)c1. The molecule has 2 aliphatic heterocycles. The first-order valence-corrected chi connectivity index (χ1v) is 12.1. The van der Waals surface area contributed by atoms with Crippen molar-refractivity contribution in [2.24, 2.45) is 0 Å². The van der Waals surface area contributed by atoms with Crippen molar-refractivity contribution in [1.82, 2.24) is 19.7 Å². The molecule has 0 atom stereocenters. The number of aromatic nitrogens is 1.